The summed E-state index contributed by atoms with van der Waals surface area (Å²) in [6.07, 6.45) is -2.17. The van der Waals surface area contributed by atoms with Crippen LogP contribution in [0.5, 0.6) is 11.5 Å². The van der Waals surface area contributed by atoms with Gasteiger partial charge in [0.05, 0.1) is 40.9 Å². The average molecular weight is 758 g/mol. The molecule has 6 atom stereocenters. The number of fused-ring (bicyclic) bond motifs is 4. The number of nitrogens with zero attached hydrogens (tertiary/aromatic N) is 3. The van der Waals surface area contributed by atoms with Gasteiger partial charge < -0.3 is 9.84 Å². The summed E-state index contributed by atoms with van der Waals surface area (Å²) in [5.41, 5.74) is 0.375. The van der Waals surface area contributed by atoms with Crippen molar-refractivity contribution in [3.63, 3.8) is 0 Å². The zero-order valence-electron chi connectivity index (χ0n) is 28.3. The fourth-order valence-corrected chi connectivity index (χ4v) is 9.04. The van der Waals surface area contributed by atoms with Crippen molar-refractivity contribution in [1.82, 2.24) is 14.9 Å². The van der Waals surface area contributed by atoms with Crippen LogP contribution in [0.15, 0.2) is 66.4 Å². The number of likely N-dealkylation sites (tertiary alicyclic amines) is 1. The second-order valence-electron chi connectivity index (χ2n) is 14.5. The number of allylic oxidation sites excluding steroid dienone is 2. The first-order chi connectivity index (χ1) is 24.4. The van der Waals surface area contributed by atoms with E-state index in [-0.39, 0.29) is 42.0 Å². The number of phenolic OH excluding ortho intramolecular Hbond substituents is 1. The largest absolute Gasteiger partial charge is 0.504 e. The van der Waals surface area contributed by atoms with Crippen molar-refractivity contribution in [2.24, 2.45) is 23.7 Å². The first kappa shape index (κ1) is 35.8. The number of pyridine rings is 1. The van der Waals surface area contributed by atoms with Gasteiger partial charge in [-0.3, -0.25) is 29.5 Å². The molecule has 2 aliphatic carbocycles. The Bertz CT molecular complexity index is 2070. The maximum Gasteiger partial charge on any atom is 0.417 e. The van der Waals surface area contributed by atoms with E-state index in [4.69, 9.17) is 27.9 Å². The number of imide groups is 2. The number of carbonyl (C=O) groups is 4. The maximum atomic E-state index is 15.2. The quantitative estimate of drug-likeness (QED) is 0.213. The van der Waals surface area contributed by atoms with Crippen molar-refractivity contribution in [1.29, 1.82) is 0 Å². The van der Waals surface area contributed by atoms with Crippen molar-refractivity contribution in [3.8, 4) is 11.5 Å². The first-order valence-corrected chi connectivity index (χ1v) is 17.2. The number of anilines is 1. The van der Waals surface area contributed by atoms with Crippen LogP contribution in [0.3, 0.4) is 0 Å². The van der Waals surface area contributed by atoms with Crippen LogP contribution in [0.1, 0.15) is 56.2 Å². The van der Waals surface area contributed by atoms with E-state index in [0.717, 1.165) is 5.01 Å². The molecule has 1 saturated carbocycles. The molecule has 0 spiro atoms. The van der Waals surface area contributed by atoms with Crippen molar-refractivity contribution in [3.05, 3.63) is 93.1 Å². The summed E-state index contributed by atoms with van der Waals surface area (Å²) < 4.78 is 45.6. The number of aromatic nitrogens is 1. The second kappa shape index (κ2) is 12.2. The van der Waals surface area contributed by atoms with Gasteiger partial charge in [0.1, 0.15) is 0 Å². The molecule has 10 nitrogen and oxygen atoms in total. The Labute approximate surface area is 306 Å². The predicted molar refractivity (Wildman–Crippen MR) is 183 cm³/mol. The van der Waals surface area contributed by atoms with Gasteiger partial charge in [0.25, 0.3) is 11.8 Å². The van der Waals surface area contributed by atoms with Gasteiger partial charge in [0.2, 0.25) is 11.8 Å². The molecule has 4 aliphatic rings. The van der Waals surface area contributed by atoms with E-state index in [9.17, 15) is 32.7 Å². The molecule has 52 heavy (non-hydrogen) atoms. The van der Waals surface area contributed by atoms with E-state index >= 15 is 4.79 Å². The minimum Gasteiger partial charge on any atom is -0.504 e. The number of nitrogens with one attached hydrogen (secondary N) is 1. The summed E-state index contributed by atoms with van der Waals surface area (Å²) in [6, 6.07) is 11.7. The van der Waals surface area contributed by atoms with Crippen LogP contribution in [0, 0.1) is 23.7 Å². The number of ether oxygens (including phenoxy) is 1. The highest BCUT2D eigenvalue weighted by Crippen LogP contribution is 2.64. The van der Waals surface area contributed by atoms with Crippen molar-refractivity contribution in [2.45, 2.75) is 56.7 Å². The molecule has 15 heteroatoms. The van der Waals surface area contributed by atoms with E-state index < -0.39 is 69.1 Å². The molecule has 3 aromatic rings. The number of phenols is 1. The third-order valence-corrected chi connectivity index (χ3v) is 11.3. The Kier molecular flexibility index (Phi) is 8.41. The van der Waals surface area contributed by atoms with Crippen LogP contribution in [0.4, 0.5) is 19.0 Å². The molecule has 6 unspecified atom stereocenters. The lowest BCUT2D eigenvalue weighted by molar-refractivity contribution is -0.146. The van der Waals surface area contributed by atoms with Crippen LogP contribution in [0.2, 0.25) is 10.0 Å². The highest BCUT2D eigenvalue weighted by atomic mass is 35.5. The molecule has 7 rings (SSSR count). The van der Waals surface area contributed by atoms with E-state index in [0.29, 0.717) is 34.0 Å². The van der Waals surface area contributed by atoms with Crippen LogP contribution in [-0.2, 0) is 30.8 Å². The van der Waals surface area contributed by atoms with Crippen LogP contribution in [0.25, 0.3) is 0 Å². The zero-order valence-corrected chi connectivity index (χ0v) is 29.8. The van der Waals surface area contributed by atoms with Gasteiger partial charge in [0.15, 0.2) is 17.3 Å². The smallest absolute Gasteiger partial charge is 0.417 e. The number of hydrogen-bond donors (Lipinski definition) is 2. The van der Waals surface area contributed by atoms with Gasteiger partial charge in [-0.1, -0.05) is 53.1 Å². The second-order valence-corrected chi connectivity index (χ2v) is 15.4. The number of benzene rings is 2. The van der Waals surface area contributed by atoms with Crippen LogP contribution < -0.4 is 10.2 Å². The molecule has 0 bridgehead atoms. The van der Waals surface area contributed by atoms with Gasteiger partial charge in [-0.25, -0.2) is 4.98 Å². The van der Waals surface area contributed by atoms with E-state index in [1.54, 1.807) is 51.1 Å². The summed E-state index contributed by atoms with van der Waals surface area (Å²) in [4.78, 5) is 63.0. The molecule has 272 valence electrons. The average Bonchev–Trinajstić information content (AvgIpc) is 3.46. The highest BCUT2D eigenvalue weighted by Gasteiger charge is 2.70. The molecule has 2 saturated heterocycles. The minimum absolute atomic E-state index is 0.0256. The molecule has 2 aromatic carbocycles. The summed E-state index contributed by atoms with van der Waals surface area (Å²) >= 11 is 12.5. The molecule has 3 heterocycles. The fourth-order valence-electron chi connectivity index (χ4n) is 8.71. The molecule has 1 aromatic heterocycles. The maximum absolute atomic E-state index is 15.2. The zero-order chi connectivity index (χ0) is 37.7. The lowest BCUT2D eigenvalue weighted by Gasteiger charge is -2.50. The Balaban J connectivity index is 1.44. The lowest BCUT2D eigenvalue weighted by atomic mass is 9.49. The van der Waals surface area contributed by atoms with E-state index in [2.05, 4.69) is 10.4 Å². The number of hydrazine groups is 1. The SMILES string of the molecule is COc1ccc(C2C3=CCC4C(=O)N(C(C)(C)C)C(=O)C4C3CC3C(=O)N(Nc4ncc(C(F)(F)F)cc4Cl)C(=O)C32c2ccc(Cl)cc2)cc1O. The van der Waals surface area contributed by atoms with Gasteiger partial charge in [-0.2, -0.15) is 18.2 Å². The number of methoxy groups -OCH3 is 1. The van der Waals surface area contributed by atoms with E-state index in [1.165, 1.54) is 24.1 Å². The molecular weight excluding hydrogens is 724 g/mol. The molecule has 0 radical (unpaired) electrons. The Morgan fingerprint density at radius 1 is 0.962 bits per heavy atom. The van der Waals surface area contributed by atoms with Gasteiger partial charge in [-0.15, -0.1) is 0 Å². The van der Waals surface area contributed by atoms with Gasteiger partial charge in [-0.05, 0) is 81.0 Å². The number of carbonyl (C=O) groups excluding carboxylic acids is 4. The number of amides is 4. The first-order valence-electron chi connectivity index (χ1n) is 16.5. The third-order valence-electron chi connectivity index (χ3n) is 10.8. The molecule has 4 amide bonds. The monoisotopic (exact) mass is 756 g/mol. The van der Waals surface area contributed by atoms with Crippen molar-refractivity contribution >= 4 is 52.6 Å². The number of rotatable bonds is 5. The minimum atomic E-state index is -4.75. The standard InChI is InChI=1S/C37H33Cl2F3N4O6/c1-35(2,3)45-31(48)22-11-10-21-23(28(22)33(45)50)15-24-32(49)46(44-30-25(39)14-19(16-43-30)37(40,41)42)34(51)36(24,18-6-8-20(38)9-7-18)29(21)17-5-12-27(52-4)26(47)13-17/h5-10,12-14,16,22-24,28-29,47H,11,15H2,1-4H3,(H,43,44). The summed E-state index contributed by atoms with van der Waals surface area (Å²) in [6.45, 7) is 5.31. The molecule has 3 fully saturated rings. The molecule has 2 aliphatic heterocycles. The van der Waals surface area contributed by atoms with Crippen LogP contribution in [-0.4, -0.2) is 56.3 Å². The number of aromatic hydroxyl groups is 1. The summed E-state index contributed by atoms with van der Waals surface area (Å²) in [5.74, 6) is -7.01. The lowest BCUT2D eigenvalue weighted by Crippen LogP contribution is -2.53. The van der Waals surface area contributed by atoms with Gasteiger partial charge >= 0.3 is 6.18 Å². The topological polar surface area (TPSA) is 129 Å². The number of alkyl halides is 3. The normalized spacial score (nSPS) is 27.3. The highest BCUT2D eigenvalue weighted by molar-refractivity contribution is 6.33. The van der Waals surface area contributed by atoms with Crippen molar-refractivity contribution < 1.29 is 42.2 Å². The Morgan fingerprint density at radius 3 is 2.25 bits per heavy atom. The fraction of sp³-hybridized carbons (Fsp3) is 0.378. The predicted octanol–water partition coefficient (Wildman–Crippen LogP) is 6.90. The number of hydrogen-bond acceptors (Lipinski definition) is 8. The number of halogens is 5. The Morgan fingerprint density at radius 2 is 1.65 bits per heavy atom. The van der Waals surface area contributed by atoms with Crippen molar-refractivity contribution in [2.75, 3.05) is 12.5 Å². The van der Waals surface area contributed by atoms with Gasteiger partial charge in [0, 0.05) is 22.7 Å². The summed E-state index contributed by atoms with van der Waals surface area (Å²) in [7, 11) is 1.38. The molecular formula is C37H33Cl2F3N4O6. The summed E-state index contributed by atoms with van der Waals surface area (Å²) in [5, 5.41) is 11.6. The van der Waals surface area contributed by atoms with Crippen LogP contribution >= 0.6 is 23.2 Å². The molecule has 2 N–H and O–H groups in total. The third kappa shape index (κ3) is 5.26. The van der Waals surface area contributed by atoms with E-state index in [1.807, 2.05) is 6.08 Å². The Hall–Kier alpha value is -4.62.